The molecule has 0 aliphatic carbocycles. The van der Waals surface area contributed by atoms with Gasteiger partial charge in [-0.25, -0.2) is 0 Å². The topological polar surface area (TPSA) is 32.7 Å². The molecule has 0 radical (unpaired) electrons. The average molecular weight is 344 g/mol. The Hall–Kier alpha value is -1.70. The van der Waals surface area contributed by atoms with Crippen LogP contribution >= 0.6 is 0 Å². The van der Waals surface area contributed by atoms with E-state index in [1.165, 1.54) is 0 Å². The van der Waals surface area contributed by atoms with E-state index in [1.54, 1.807) is 0 Å². The molecule has 15 heteroatoms. The van der Waals surface area contributed by atoms with E-state index in [4.69, 9.17) is 0 Å². The van der Waals surface area contributed by atoms with E-state index >= 15 is 0 Å². The maximum Gasteiger partial charge on any atom is 0.503 e. The summed E-state index contributed by atoms with van der Waals surface area (Å²) >= 11 is 0. The first-order valence-electron chi connectivity index (χ1n) is 4.09. The largest absolute Gasteiger partial charge is 0.503 e. The summed E-state index contributed by atoms with van der Waals surface area (Å²) in [5.41, 5.74) is -3.91. The Bertz CT molecular complexity index is 409. The van der Waals surface area contributed by atoms with Crippen LogP contribution in [0.4, 0.5) is 52.7 Å². The molecule has 0 aromatic heterocycles. The summed E-state index contributed by atoms with van der Waals surface area (Å²) in [6.45, 7) is 0. The highest BCUT2D eigenvalue weighted by Gasteiger charge is 2.61. The molecule has 3 nitrogen and oxygen atoms in total. The maximum atomic E-state index is 12.0. The zero-order valence-corrected chi connectivity index (χ0v) is 8.84. The first-order valence-corrected chi connectivity index (χ1v) is 4.09. The second kappa shape index (κ2) is 5.25. The first kappa shape index (κ1) is 19.3. The molecule has 0 atom stereocenters. The summed E-state index contributed by atoms with van der Waals surface area (Å²) in [4.78, 5) is 7.96. The van der Waals surface area contributed by atoms with Gasteiger partial charge in [-0.2, -0.15) is 23.1 Å². The number of rotatable bonds is 1. The lowest BCUT2D eigenvalue weighted by Gasteiger charge is -2.27. The van der Waals surface area contributed by atoms with Gasteiger partial charge >= 0.3 is 25.1 Å². The minimum atomic E-state index is -6.74. The molecular weight excluding hydrogens is 344 g/mol. The van der Waals surface area contributed by atoms with Crippen molar-refractivity contribution in [3.8, 4) is 0 Å². The third-order valence-corrected chi connectivity index (χ3v) is 1.42. The number of alkyl halides is 12. The number of halogens is 12. The Morgan fingerprint density at radius 3 is 1.24 bits per heavy atom. The van der Waals surface area contributed by atoms with Gasteiger partial charge in [0.05, 0.1) is 0 Å². The normalized spacial score (nSPS) is 15.1. The number of carbonyl (C=O) groups excluding carboxylic acids is 1. The quantitative estimate of drug-likeness (QED) is 0.408. The van der Waals surface area contributed by atoms with Crippen LogP contribution < -0.4 is 0 Å². The zero-order chi connectivity index (χ0) is 17.4. The molecule has 0 heterocycles. The fraction of sp³-hybridized carbons (Fsp3) is 0.667. The van der Waals surface area contributed by atoms with Crippen molar-refractivity contribution in [3.05, 3.63) is 0 Å². The maximum absolute atomic E-state index is 12.0. The van der Waals surface area contributed by atoms with E-state index in [0.29, 0.717) is 4.99 Å². The van der Waals surface area contributed by atoms with Crippen molar-refractivity contribution >= 4 is 11.6 Å². The summed E-state index contributed by atoms with van der Waals surface area (Å²) in [6, 6.07) is 0. The van der Waals surface area contributed by atoms with Crippen molar-refractivity contribution in [2.45, 2.75) is 25.1 Å². The Morgan fingerprint density at radius 1 is 0.714 bits per heavy atom. The van der Waals surface area contributed by atoms with Gasteiger partial charge in [0.25, 0.3) is 5.91 Å². The lowest BCUT2D eigenvalue weighted by atomic mass is 10.3. The monoisotopic (exact) mass is 344 g/mol. The van der Waals surface area contributed by atoms with Gasteiger partial charge in [-0.05, 0) is 0 Å². The molecule has 0 unspecified atom stereocenters. The van der Waals surface area contributed by atoms with Crippen molar-refractivity contribution in [1.29, 1.82) is 0 Å². The molecule has 0 aliphatic heterocycles. The number of hydrogen-bond acceptors (Lipinski definition) is 2. The van der Waals surface area contributed by atoms with E-state index in [2.05, 4.69) is 0 Å². The Balaban J connectivity index is 6.06. The van der Waals surface area contributed by atoms with Gasteiger partial charge in [0.15, 0.2) is 0 Å². The Morgan fingerprint density at radius 2 is 1.05 bits per heavy atom. The summed E-state index contributed by atoms with van der Waals surface area (Å²) in [5.74, 6) is -4.06. The summed E-state index contributed by atoms with van der Waals surface area (Å²) in [6.07, 6.45) is -26.2. The first-order chi connectivity index (χ1) is 8.87. The van der Waals surface area contributed by atoms with Crippen LogP contribution in [0.25, 0.3) is 0 Å². The van der Waals surface area contributed by atoms with Crippen LogP contribution in [0.3, 0.4) is 0 Å². The second-order valence-corrected chi connectivity index (χ2v) is 3.00. The van der Waals surface area contributed by atoms with Crippen molar-refractivity contribution in [2.75, 3.05) is 0 Å². The van der Waals surface area contributed by atoms with Gasteiger partial charge in [-0.1, -0.05) is 0 Å². The van der Waals surface area contributed by atoms with Gasteiger partial charge in [0.2, 0.25) is 5.71 Å². The highest BCUT2D eigenvalue weighted by molar-refractivity contribution is 6.41. The number of aliphatic imine (C=N–C) groups is 1. The highest BCUT2D eigenvalue weighted by Crippen LogP contribution is 2.36. The van der Waals surface area contributed by atoms with Crippen LogP contribution in [-0.2, 0) is 4.79 Å². The van der Waals surface area contributed by atoms with Crippen LogP contribution in [0, 0.1) is 0 Å². The van der Waals surface area contributed by atoms with E-state index in [1.807, 2.05) is 0 Å². The average Bonchev–Trinajstić information content (AvgIpc) is 2.05. The zero-order valence-electron chi connectivity index (χ0n) is 8.84. The Kier molecular flexibility index (Phi) is 4.82. The molecule has 0 aliphatic rings. The molecule has 0 bridgehead atoms. The summed E-state index contributed by atoms with van der Waals surface area (Å²) < 4.78 is 143. The summed E-state index contributed by atoms with van der Waals surface area (Å²) in [7, 11) is 0. The van der Waals surface area contributed by atoms with E-state index < -0.39 is 41.6 Å². The van der Waals surface area contributed by atoms with Crippen LogP contribution in [0.1, 0.15) is 0 Å². The van der Waals surface area contributed by atoms with E-state index in [-0.39, 0.29) is 0 Å². The van der Waals surface area contributed by atoms with Crippen LogP contribution in [0.5, 0.6) is 0 Å². The molecule has 0 aromatic rings. The van der Waals surface area contributed by atoms with Gasteiger partial charge in [0, 0.05) is 0 Å². The molecule has 21 heavy (non-hydrogen) atoms. The van der Waals surface area contributed by atoms with Crippen LogP contribution in [0.15, 0.2) is 4.99 Å². The number of hydrogen-bond donors (Lipinski definition) is 0. The van der Waals surface area contributed by atoms with Gasteiger partial charge in [0.1, 0.15) is 0 Å². The van der Waals surface area contributed by atoms with Crippen molar-refractivity contribution in [3.63, 3.8) is 0 Å². The number of amides is 1. The third-order valence-electron chi connectivity index (χ3n) is 1.42. The molecule has 0 fully saturated rings. The smallest absolute Gasteiger partial charge is 0.267 e. The third kappa shape index (κ3) is 5.66. The summed E-state index contributed by atoms with van der Waals surface area (Å²) in [5, 5.41) is 0. The molecule has 124 valence electrons. The van der Waals surface area contributed by atoms with E-state index in [9.17, 15) is 57.5 Å². The SMILES string of the molecule is O=C(C(=NC(F)(F)F)C(F)(F)F)N(C(F)(F)F)C(F)(F)F. The van der Waals surface area contributed by atoms with Gasteiger partial charge in [-0.15, -0.1) is 39.5 Å². The van der Waals surface area contributed by atoms with Gasteiger partial charge < -0.3 is 0 Å². The molecular formula is C6F12N2O. The fourth-order valence-electron chi connectivity index (χ4n) is 0.839. The number of nitrogens with zero attached hydrogens (tertiary/aromatic N) is 2. The number of carbonyl (C=O) groups is 1. The second-order valence-electron chi connectivity index (χ2n) is 3.00. The van der Waals surface area contributed by atoms with Gasteiger partial charge in [-0.3, -0.25) is 4.79 Å². The van der Waals surface area contributed by atoms with E-state index in [0.717, 1.165) is 0 Å². The molecule has 0 aromatic carbocycles. The lowest BCUT2D eigenvalue weighted by Crippen LogP contribution is -2.56. The van der Waals surface area contributed by atoms with Crippen molar-refractivity contribution in [2.24, 2.45) is 4.99 Å². The molecule has 0 N–H and O–H groups in total. The predicted molar refractivity (Wildman–Crippen MR) is 38.5 cm³/mol. The highest BCUT2D eigenvalue weighted by atomic mass is 19.4. The lowest BCUT2D eigenvalue weighted by molar-refractivity contribution is -0.353. The standard InChI is InChI=1S/C6F12N2O/c7-3(8,9)1(19-4(10,11)12)2(21)20(5(13,14)15)6(16,17)18. The van der Waals surface area contributed by atoms with Crippen LogP contribution in [0.2, 0.25) is 0 Å². The molecule has 1 amide bonds. The molecule has 0 saturated heterocycles. The minimum absolute atomic E-state index is 0.628. The minimum Gasteiger partial charge on any atom is -0.267 e. The molecule has 0 rings (SSSR count). The molecule has 0 saturated carbocycles. The van der Waals surface area contributed by atoms with Crippen LogP contribution in [-0.4, -0.2) is 41.6 Å². The Labute approximate surface area is 105 Å². The molecule has 0 spiro atoms. The van der Waals surface area contributed by atoms with Crippen molar-refractivity contribution < 1.29 is 57.5 Å². The predicted octanol–water partition coefficient (Wildman–Crippen LogP) is 3.38. The van der Waals surface area contributed by atoms with Crippen molar-refractivity contribution in [1.82, 2.24) is 4.90 Å². The fourth-order valence-corrected chi connectivity index (χ4v) is 0.839.